The van der Waals surface area contributed by atoms with Crippen molar-refractivity contribution < 1.29 is 18.3 Å². The molecule has 1 saturated heterocycles. The minimum Gasteiger partial charge on any atom is -0.444 e. The molecule has 1 aromatic carbocycles. The number of rotatable bonds is 5. The van der Waals surface area contributed by atoms with E-state index in [0.717, 1.165) is 16.7 Å². The predicted octanol–water partition coefficient (Wildman–Crippen LogP) is 4.68. The van der Waals surface area contributed by atoms with E-state index in [0.29, 0.717) is 22.8 Å². The normalized spacial score (nSPS) is 17.1. The number of ether oxygens (including phenoxy) is 1. The molecule has 4 aromatic rings. The lowest BCUT2D eigenvalue weighted by Crippen LogP contribution is -2.56. The number of alkyl halides is 2. The van der Waals surface area contributed by atoms with E-state index in [-0.39, 0.29) is 6.54 Å². The van der Waals surface area contributed by atoms with Crippen molar-refractivity contribution in [2.24, 2.45) is 14.1 Å². The van der Waals surface area contributed by atoms with Gasteiger partial charge in [0, 0.05) is 67.9 Å². The van der Waals surface area contributed by atoms with Gasteiger partial charge in [0.05, 0.1) is 25.0 Å². The Hall–Kier alpha value is -4.35. The van der Waals surface area contributed by atoms with Crippen molar-refractivity contribution in [3.05, 3.63) is 55.2 Å². The molecule has 10 nitrogen and oxygen atoms in total. The molecule has 0 saturated carbocycles. The summed E-state index contributed by atoms with van der Waals surface area (Å²) in [5, 5.41) is 11.1. The molecule has 5 rings (SSSR count). The molecule has 1 atom stereocenters. The van der Waals surface area contributed by atoms with E-state index in [2.05, 4.69) is 20.5 Å². The molecule has 3 aromatic heterocycles. The van der Waals surface area contributed by atoms with Crippen LogP contribution in [0.1, 0.15) is 27.2 Å². The number of alkyl carbamates (subject to hydrolysis) is 1. The minimum absolute atomic E-state index is 0.119. The molecule has 12 heteroatoms. The summed E-state index contributed by atoms with van der Waals surface area (Å²) in [5.41, 5.74) is 3.10. The number of nitrogens with one attached hydrogen (secondary N) is 1. The van der Waals surface area contributed by atoms with Crippen LogP contribution in [-0.2, 0) is 18.8 Å². The SMILES string of the molecule is Cn1cc(-c2cccc(-c3ncc(-c4cnn(C)c4)c(N4CC(NC(=O)OC(C)(C)C)CC(F)(F)C4)n3)c2)cn1. The molecule has 1 unspecified atom stereocenters. The first-order valence-corrected chi connectivity index (χ1v) is 12.9. The van der Waals surface area contributed by atoms with E-state index in [1.807, 2.05) is 37.5 Å². The van der Waals surface area contributed by atoms with Crippen LogP contribution in [0, 0.1) is 0 Å². The number of anilines is 1. The highest BCUT2D eigenvalue weighted by atomic mass is 19.3. The summed E-state index contributed by atoms with van der Waals surface area (Å²) in [6.07, 6.45) is 7.49. The maximum absolute atomic E-state index is 15.1. The molecule has 40 heavy (non-hydrogen) atoms. The number of aromatic nitrogens is 6. The van der Waals surface area contributed by atoms with Crippen molar-refractivity contribution in [2.75, 3.05) is 18.0 Å². The van der Waals surface area contributed by atoms with E-state index >= 15 is 8.78 Å². The second-order valence-electron chi connectivity index (χ2n) is 11.1. The molecule has 1 fully saturated rings. The molecule has 4 heterocycles. The number of benzene rings is 1. The summed E-state index contributed by atoms with van der Waals surface area (Å²) >= 11 is 0. The van der Waals surface area contributed by atoms with Crippen molar-refractivity contribution in [2.45, 2.75) is 44.8 Å². The van der Waals surface area contributed by atoms with Gasteiger partial charge in [-0.15, -0.1) is 0 Å². The Balaban J connectivity index is 1.52. The molecule has 0 aliphatic carbocycles. The van der Waals surface area contributed by atoms with Gasteiger partial charge < -0.3 is 15.0 Å². The number of nitrogens with zero attached hydrogens (tertiary/aromatic N) is 7. The van der Waals surface area contributed by atoms with E-state index in [1.165, 1.54) is 4.90 Å². The Bertz CT molecular complexity index is 1520. The lowest BCUT2D eigenvalue weighted by molar-refractivity contribution is -0.0231. The third kappa shape index (κ3) is 6.27. The molecule has 210 valence electrons. The average Bonchev–Trinajstić information content (AvgIpc) is 3.49. The zero-order valence-corrected chi connectivity index (χ0v) is 23.1. The van der Waals surface area contributed by atoms with E-state index < -0.39 is 36.6 Å². The standard InChI is InChI=1S/C28H32F2N8O2/c1-27(2,3)40-26(39)34-22-10-28(29,30)17-38(16-22)25-23(21-12-33-37(5)15-21)13-31-24(35-25)19-8-6-7-18(9-19)20-11-32-36(4)14-20/h6-9,11-15,22H,10,16-17H2,1-5H3,(H,34,39). The maximum atomic E-state index is 15.1. The second-order valence-corrected chi connectivity index (χ2v) is 11.1. The van der Waals surface area contributed by atoms with Crippen molar-refractivity contribution >= 4 is 11.9 Å². The Kier molecular flexibility index (Phi) is 7.03. The number of hydrogen-bond donors (Lipinski definition) is 1. The topological polar surface area (TPSA) is 103 Å². The molecule has 1 aliphatic heterocycles. The lowest BCUT2D eigenvalue weighted by Gasteiger charge is -2.39. The van der Waals surface area contributed by atoms with Gasteiger partial charge in [-0.05, 0) is 32.4 Å². The molecule has 0 bridgehead atoms. The first kappa shape index (κ1) is 27.2. The molecule has 0 spiro atoms. The largest absolute Gasteiger partial charge is 0.444 e. The van der Waals surface area contributed by atoms with E-state index in [9.17, 15) is 4.79 Å². The summed E-state index contributed by atoms with van der Waals surface area (Å²) in [6.45, 7) is 4.73. The fourth-order valence-electron chi connectivity index (χ4n) is 4.76. The first-order chi connectivity index (χ1) is 18.8. The van der Waals surface area contributed by atoms with Gasteiger partial charge in [0.15, 0.2) is 5.82 Å². The van der Waals surface area contributed by atoms with Crippen LogP contribution in [0.2, 0.25) is 0 Å². The van der Waals surface area contributed by atoms with Gasteiger partial charge in [0.1, 0.15) is 11.4 Å². The number of carbonyl (C=O) groups is 1. The third-order valence-corrected chi connectivity index (χ3v) is 6.37. The summed E-state index contributed by atoms with van der Waals surface area (Å²) in [4.78, 5) is 23.3. The number of amides is 1. The van der Waals surface area contributed by atoms with E-state index in [1.54, 1.807) is 62.0 Å². The highest BCUT2D eigenvalue weighted by Gasteiger charge is 2.42. The fraction of sp³-hybridized carbons (Fsp3) is 0.393. The van der Waals surface area contributed by atoms with Gasteiger partial charge in [0.25, 0.3) is 5.92 Å². The molecule has 1 amide bonds. The highest BCUT2D eigenvalue weighted by Crippen LogP contribution is 2.36. The number of carbonyl (C=O) groups excluding carboxylic acids is 1. The summed E-state index contributed by atoms with van der Waals surface area (Å²) < 4.78 is 38.8. The van der Waals surface area contributed by atoms with Gasteiger partial charge in [-0.25, -0.2) is 23.5 Å². The van der Waals surface area contributed by atoms with E-state index in [4.69, 9.17) is 9.72 Å². The van der Waals surface area contributed by atoms with Crippen LogP contribution in [0.4, 0.5) is 19.4 Å². The minimum atomic E-state index is -3.07. The van der Waals surface area contributed by atoms with Crippen LogP contribution in [0.3, 0.4) is 0 Å². The summed E-state index contributed by atoms with van der Waals surface area (Å²) in [5.74, 6) is -2.35. The van der Waals surface area contributed by atoms with Crippen molar-refractivity contribution in [3.8, 4) is 33.6 Å². The zero-order valence-electron chi connectivity index (χ0n) is 23.1. The van der Waals surface area contributed by atoms with Crippen LogP contribution < -0.4 is 10.2 Å². The van der Waals surface area contributed by atoms with Crippen LogP contribution in [0.5, 0.6) is 0 Å². The monoisotopic (exact) mass is 550 g/mol. The van der Waals surface area contributed by atoms with Gasteiger partial charge in [-0.3, -0.25) is 9.36 Å². The molecular weight excluding hydrogens is 518 g/mol. The third-order valence-electron chi connectivity index (χ3n) is 6.37. The Labute approximate surface area is 231 Å². The van der Waals surface area contributed by atoms with Crippen LogP contribution in [0.25, 0.3) is 33.6 Å². The summed E-state index contributed by atoms with van der Waals surface area (Å²) in [7, 11) is 3.62. The Morgan fingerprint density at radius 3 is 2.35 bits per heavy atom. The quantitative estimate of drug-likeness (QED) is 0.385. The van der Waals surface area contributed by atoms with Gasteiger partial charge in [-0.1, -0.05) is 18.2 Å². The summed E-state index contributed by atoms with van der Waals surface area (Å²) in [6, 6.07) is 6.82. The van der Waals surface area contributed by atoms with Gasteiger partial charge >= 0.3 is 6.09 Å². The average molecular weight is 551 g/mol. The predicted molar refractivity (Wildman–Crippen MR) is 147 cm³/mol. The molecule has 0 radical (unpaired) electrons. The fourth-order valence-corrected chi connectivity index (χ4v) is 4.76. The Morgan fingerprint density at radius 2 is 1.70 bits per heavy atom. The number of piperidine rings is 1. The Morgan fingerprint density at radius 1 is 1.02 bits per heavy atom. The smallest absolute Gasteiger partial charge is 0.407 e. The van der Waals surface area contributed by atoms with Crippen LogP contribution >= 0.6 is 0 Å². The van der Waals surface area contributed by atoms with Crippen LogP contribution in [-0.4, -0.2) is 66.3 Å². The zero-order chi connectivity index (χ0) is 28.7. The second kappa shape index (κ2) is 10.3. The van der Waals surface area contributed by atoms with Gasteiger partial charge in [-0.2, -0.15) is 10.2 Å². The highest BCUT2D eigenvalue weighted by molar-refractivity contribution is 5.77. The van der Waals surface area contributed by atoms with Crippen molar-refractivity contribution in [3.63, 3.8) is 0 Å². The lowest BCUT2D eigenvalue weighted by atomic mass is 10.0. The number of halogens is 2. The van der Waals surface area contributed by atoms with Gasteiger partial charge in [0.2, 0.25) is 0 Å². The number of aryl methyl sites for hydroxylation is 2. The van der Waals surface area contributed by atoms with Crippen LogP contribution in [0.15, 0.2) is 55.2 Å². The first-order valence-electron chi connectivity index (χ1n) is 12.9. The molecular formula is C28H32F2N8O2. The van der Waals surface area contributed by atoms with Crippen molar-refractivity contribution in [1.29, 1.82) is 0 Å². The number of hydrogen-bond acceptors (Lipinski definition) is 7. The molecule has 1 N–H and O–H groups in total. The van der Waals surface area contributed by atoms with Crippen molar-refractivity contribution in [1.82, 2.24) is 34.8 Å². The molecule has 1 aliphatic rings. The maximum Gasteiger partial charge on any atom is 0.407 e.